The first kappa shape index (κ1) is 27.8. The highest BCUT2D eigenvalue weighted by Gasteiger charge is 2.39. The Labute approximate surface area is 235 Å². The largest absolute Gasteiger partial charge is 0.462 e. The summed E-state index contributed by atoms with van der Waals surface area (Å²) < 4.78 is 64.6. The van der Waals surface area contributed by atoms with Gasteiger partial charge in [0.15, 0.2) is 5.82 Å². The molecule has 9 nitrogen and oxygen atoms in total. The normalized spacial score (nSPS) is 23.2. The summed E-state index contributed by atoms with van der Waals surface area (Å²) in [7, 11) is 0. The lowest BCUT2D eigenvalue weighted by Gasteiger charge is -2.34. The molecule has 3 saturated heterocycles. The number of nitrogen functional groups attached to an aromatic ring is 1. The summed E-state index contributed by atoms with van der Waals surface area (Å²) in [5, 5.41) is 3.87. The number of nitrogens with zero attached hydrogens (tertiary/aromatic N) is 6. The van der Waals surface area contributed by atoms with E-state index in [4.69, 9.17) is 15.5 Å². The Morgan fingerprint density at radius 2 is 1.83 bits per heavy atom. The number of likely N-dealkylation sites (tertiary alicyclic amines) is 1. The highest BCUT2D eigenvalue weighted by atomic mass is 19.4. The predicted octanol–water partition coefficient (Wildman–Crippen LogP) is 4.33. The van der Waals surface area contributed by atoms with Crippen LogP contribution in [0.5, 0.6) is 6.01 Å². The minimum atomic E-state index is -4.79. The van der Waals surface area contributed by atoms with Gasteiger partial charge in [0, 0.05) is 43.5 Å². The SMILES string of the molecule is Cc1cc(N)nc(-c2ncc3c(N4CC5CCC(C4)N5)nc(OC[C@@H]4CCCN4C(C)C)nc3c2F)c1C(F)(F)F. The lowest BCUT2D eigenvalue weighted by Crippen LogP contribution is -2.51. The molecule has 0 spiro atoms. The van der Waals surface area contributed by atoms with Gasteiger partial charge in [0.1, 0.15) is 35.1 Å². The number of halogens is 4. The highest BCUT2D eigenvalue weighted by Crippen LogP contribution is 2.41. The van der Waals surface area contributed by atoms with Crippen LogP contribution in [0.1, 0.15) is 50.7 Å². The van der Waals surface area contributed by atoms with Crippen LogP contribution in [-0.4, -0.2) is 75.2 Å². The Morgan fingerprint density at radius 3 is 2.51 bits per heavy atom. The van der Waals surface area contributed by atoms with E-state index in [9.17, 15) is 13.2 Å². The number of alkyl halides is 3. The number of rotatable bonds is 6. The number of anilines is 2. The van der Waals surface area contributed by atoms with Crippen LogP contribution < -0.4 is 20.7 Å². The average molecular weight is 575 g/mol. The zero-order valence-corrected chi connectivity index (χ0v) is 23.3. The summed E-state index contributed by atoms with van der Waals surface area (Å²) in [5.41, 5.74) is 3.13. The van der Waals surface area contributed by atoms with Gasteiger partial charge in [0.2, 0.25) is 0 Å². The number of nitrogens with two attached hydrogens (primary N) is 1. The van der Waals surface area contributed by atoms with E-state index in [0.717, 1.165) is 38.3 Å². The van der Waals surface area contributed by atoms with Gasteiger partial charge >= 0.3 is 12.2 Å². The van der Waals surface area contributed by atoms with Crippen LogP contribution in [0, 0.1) is 12.7 Å². The van der Waals surface area contributed by atoms with Crippen molar-refractivity contribution in [2.75, 3.05) is 36.9 Å². The summed E-state index contributed by atoms with van der Waals surface area (Å²) in [6.07, 6.45) is 0.599. The molecule has 0 aliphatic carbocycles. The maximum absolute atomic E-state index is 16.3. The van der Waals surface area contributed by atoms with E-state index in [2.05, 4.69) is 43.9 Å². The number of ether oxygens (including phenoxy) is 1. The first-order chi connectivity index (χ1) is 19.5. The van der Waals surface area contributed by atoms with Gasteiger partial charge in [-0.3, -0.25) is 9.88 Å². The number of hydrogen-bond acceptors (Lipinski definition) is 9. The molecule has 3 aliphatic rings. The smallest absolute Gasteiger partial charge is 0.418 e. The summed E-state index contributed by atoms with van der Waals surface area (Å²) in [4.78, 5) is 21.5. The molecule has 3 aromatic heterocycles. The van der Waals surface area contributed by atoms with Gasteiger partial charge < -0.3 is 20.7 Å². The number of pyridine rings is 2. The number of hydrogen-bond donors (Lipinski definition) is 2. The Kier molecular flexibility index (Phi) is 7.13. The number of fused-ring (bicyclic) bond motifs is 3. The molecular weight excluding hydrogens is 540 g/mol. The van der Waals surface area contributed by atoms with Crippen LogP contribution in [0.4, 0.5) is 29.2 Å². The third-order valence-corrected chi connectivity index (χ3v) is 8.39. The summed E-state index contributed by atoms with van der Waals surface area (Å²) in [6.45, 7) is 8.13. The van der Waals surface area contributed by atoms with Crippen molar-refractivity contribution in [2.45, 2.75) is 76.8 Å². The van der Waals surface area contributed by atoms with Gasteiger partial charge in [-0.05, 0) is 64.6 Å². The molecule has 0 aromatic carbocycles. The molecule has 6 rings (SSSR count). The van der Waals surface area contributed by atoms with Gasteiger partial charge in [-0.15, -0.1) is 0 Å². The Hall–Kier alpha value is -3.32. The molecule has 0 amide bonds. The van der Waals surface area contributed by atoms with Crippen LogP contribution >= 0.6 is 0 Å². The molecule has 0 saturated carbocycles. The maximum Gasteiger partial charge on any atom is 0.418 e. The van der Waals surface area contributed by atoms with E-state index < -0.39 is 28.9 Å². The molecule has 0 radical (unpaired) electrons. The zero-order valence-electron chi connectivity index (χ0n) is 23.3. The monoisotopic (exact) mass is 574 g/mol. The van der Waals surface area contributed by atoms with Gasteiger partial charge in [-0.1, -0.05) is 0 Å². The van der Waals surface area contributed by atoms with Crippen molar-refractivity contribution < 1.29 is 22.3 Å². The van der Waals surface area contributed by atoms with Crippen molar-refractivity contribution in [3.63, 3.8) is 0 Å². The Bertz CT molecular complexity index is 1450. The number of piperazine rings is 1. The van der Waals surface area contributed by atoms with E-state index in [0.29, 0.717) is 36.9 Å². The van der Waals surface area contributed by atoms with E-state index >= 15 is 4.39 Å². The molecule has 3 N–H and O–H groups in total. The third kappa shape index (κ3) is 5.25. The number of nitrogens with one attached hydrogen (secondary N) is 1. The average Bonchev–Trinajstić information content (AvgIpc) is 3.51. The lowest BCUT2D eigenvalue weighted by atomic mass is 10.0. The van der Waals surface area contributed by atoms with E-state index in [1.165, 1.54) is 13.1 Å². The van der Waals surface area contributed by atoms with Crippen molar-refractivity contribution >= 4 is 22.5 Å². The fourth-order valence-electron chi connectivity index (χ4n) is 6.58. The standard InChI is InChI=1S/C28H34F4N8O/c1-14(2)40-8-4-5-18(40)13-41-27-37-23-19(26(38-27)39-11-16-6-7-17(12-39)35-16)10-34-25(22(23)29)24-21(28(30,31)32)15(3)9-20(33)36-24/h9-10,14,16-18,35H,4-8,11-13H2,1-3H3,(H2,33,36)/t16?,17?,18-/m0/s1. The van der Waals surface area contributed by atoms with E-state index in [1.807, 2.05) is 0 Å². The van der Waals surface area contributed by atoms with Gasteiger partial charge in [0.05, 0.1) is 10.9 Å². The van der Waals surface area contributed by atoms with Crippen molar-refractivity contribution in [2.24, 2.45) is 0 Å². The van der Waals surface area contributed by atoms with Gasteiger partial charge in [0.25, 0.3) is 0 Å². The van der Waals surface area contributed by atoms with Gasteiger partial charge in [-0.25, -0.2) is 9.37 Å². The summed E-state index contributed by atoms with van der Waals surface area (Å²) >= 11 is 0. The second kappa shape index (κ2) is 10.5. The molecule has 3 fully saturated rings. The quantitative estimate of drug-likeness (QED) is 0.417. The molecule has 3 aliphatic heterocycles. The molecule has 2 unspecified atom stereocenters. The van der Waals surface area contributed by atoms with Crippen molar-refractivity contribution in [3.8, 4) is 17.4 Å². The van der Waals surface area contributed by atoms with Crippen LogP contribution in [0.25, 0.3) is 22.3 Å². The van der Waals surface area contributed by atoms with Crippen LogP contribution in [0.3, 0.4) is 0 Å². The molecule has 6 heterocycles. The molecule has 2 bridgehead atoms. The summed E-state index contributed by atoms with van der Waals surface area (Å²) in [6, 6.07) is 2.15. The molecule has 3 atom stereocenters. The molecule has 41 heavy (non-hydrogen) atoms. The fourth-order valence-corrected chi connectivity index (χ4v) is 6.58. The van der Waals surface area contributed by atoms with E-state index in [-0.39, 0.29) is 41.0 Å². The van der Waals surface area contributed by atoms with Crippen molar-refractivity contribution in [3.05, 3.63) is 29.2 Å². The van der Waals surface area contributed by atoms with Crippen LogP contribution in [0.2, 0.25) is 0 Å². The third-order valence-electron chi connectivity index (χ3n) is 8.39. The first-order valence-electron chi connectivity index (χ1n) is 14.1. The lowest BCUT2D eigenvalue weighted by molar-refractivity contribution is -0.137. The fraction of sp³-hybridized carbons (Fsp3) is 0.571. The van der Waals surface area contributed by atoms with Crippen LogP contribution in [-0.2, 0) is 6.18 Å². The number of aromatic nitrogens is 4. The first-order valence-corrected chi connectivity index (χ1v) is 14.1. The minimum absolute atomic E-state index is 0.0159. The minimum Gasteiger partial charge on any atom is -0.462 e. The van der Waals surface area contributed by atoms with E-state index in [1.54, 1.807) is 0 Å². The topological polar surface area (TPSA) is 105 Å². The highest BCUT2D eigenvalue weighted by molar-refractivity contribution is 5.92. The molecule has 220 valence electrons. The summed E-state index contributed by atoms with van der Waals surface area (Å²) in [5.74, 6) is -0.732. The Morgan fingerprint density at radius 1 is 1.10 bits per heavy atom. The number of aryl methyl sites for hydroxylation is 1. The predicted molar refractivity (Wildman–Crippen MR) is 147 cm³/mol. The van der Waals surface area contributed by atoms with Crippen LogP contribution in [0.15, 0.2) is 12.3 Å². The second-order valence-corrected chi connectivity index (χ2v) is 11.6. The molecular formula is C28H34F4N8O. The molecule has 3 aromatic rings. The Balaban J connectivity index is 1.46. The second-order valence-electron chi connectivity index (χ2n) is 11.6. The van der Waals surface area contributed by atoms with Crippen molar-refractivity contribution in [1.82, 2.24) is 30.2 Å². The van der Waals surface area contributed by atoms with Crippen molar-refractivity contribution in [1.29, 1.82) is 0 Å². The maximum atomic E-state index is 16.3. The van der Waals surface area contributed by atoms with Gasteiger partial charge in [-0.2, -0.15) is 23.1 Å². The molecule has 13 heteroatoms. The zero-order chi connectivity index (χ0) is 29.1.